The van der Waals surface area contributed by atoms with Crippen molar-refractivity contribution in [1.29, 1.82) is 0 Å². The van der Waals surface area contributed by atoms with Crippen LogP contribution < -0.4 is 16.4 Å². The number of hydrogen-bond donors (Lipinski definition) is 3. The third-order valence-electron chi connectivity index (χ3n) is 5.87. The number of fused-ring (bicyclic) bond motifs is 2. The number of carbonyl (C=O) groups is 2. The van der Waals surface area contributed by atoms with Crippen LogP contribution in [0.2, 0.25) is 0 Å². The highest BCUT2D eigenvalue weighted by atomic mass is 16.2. The Labute approximate surface area is 206 Å². The summed E-state index contributed by atoms with van der Waals surface area (Å²) in [5.74, 6) is -0.452. The lowest BCUT2D eigenvalue weighted by atomic mass is 10.0. The number of H-pyrrole nitrogens is 1. The molecule has 5 aromatic rings. The fraction of sp³-hybridized carbons (Fsp3) is 0.107. The smallest absolute Gasteiger partial charge is 0.270 e. The van der Waals surface area contributed by atoms with Crippen molar-refractivity contribution >= 4 is 33.6 Å². The standard InChI is InChI=1S/C28H23N5O3/c1-17-10-12-18(13-11-17)24-16-21(19-6-2-4-8-22(19)29-24)28(36)33-32-26(34)15-14-25-30-23-9-5-3-7-20(23)27(35)31-25/h2-13,16H,14-15H2,1H3,(H,32,34)(H,33,36)(H,30,31,35). The van der Waals surface area contributed by atoms with Gasteiger partial charge in [0.15, 0.2) is 0 Å². The molecule has 8 heteroatoms. The van der Waals surface area contributed by atoms with Crippen molar-refractivity contribution in [2.75, 3.05) is 0 Å². The Balaban J connectivity index is 1.29. The molecule has 0 aliphatic heterocycles. The summed E-state index contributed by atoms with van der Waals surface area (Å²) in [5, 5.41) is 1.17. The van der Waals surface area contributed by atoms with Gasteiger partial charge in [0.1, 0.15) is 5.82 Å². The van der Waals surface area contributed by atoms with Gasteiger partial charge in [0, 0.05) is 23.8 Å². The number of carbonyl (C=O) groups excluding carboxylic acids is 2. The fourth-order valence-electron chi connectivity index (χ4n) is 3.98. The van der Waals surface area contributed by atoms with Crippen LogP contribution in [0, 0.1) is 6.92 Å². The van der Waals surface area contributed by atoms with E-state index < -0.39 is 11.8 Å². The van der Waals surface area contributed by atoms with Crippen LogP contribution in [0.1, 0.15) is 28.2 Å². The molecule has 0 unspecified atom stereocenters. The normalized spacial score (nSPS) is 10.9. The highest BCUT2D eigenvalue weighted by molar-refractivity contribution is 6.07. The van der Waals surface area contributed by atoms with Crippen molar-refractivity contribution in [2.24, 2.45) is 0 Å². The van der Waals surface area contributed by atoms with Gasteiger partial charge in [0.05, 0.1) is 27.7 Å². The van der Waals surface area contributed by atoms with Gasteiger partial charge in [-0.1, -0.05) is 60.2 Å². The van der Waals surface area contributed by atoms with Crippen LogP contribution in [0.3, 0.4) is 0 Å². The molecule has 0 bridgehead atoms. The van der Waals surface area contributed by atoms with E-state index in [0.29, 0.717) is 38.9 Å². The zero-order valence-corrected chi connectivity index (χ0v) is 19.5. The number of nitrogens with zero attached hydrogens (tertiary/aromatic N) is 2. The van der Waals surface area contributed by atoms with Gasteiger partial charge in [0.2, 0.25) is 5.91 Å². The highest BCUT2D eigenvalue weighted by Crippen LogP contribution is 2.25. The summed E-state index contributed by atoms with van der Waals surface area (Å²) < 4.78 is 0. The zero-order valence-electron chi connectivity index (χ0n) is 19.5. The maximum atomic E-state index is 13.1. The van der Waals surface area contributed by atoms with E-state index >= 15 is 0 Å². The molecule has 0 spiro atoms. The summed E-state index contributed by atoms with van der Waals surface area (Å²) in [5.41, 5.74) is 9.03. The quantitative estimate of drug-likeness (QED) is 0.333. The van der Waals surface area contributed by atoms with Crippen LogP contribution in [0.4, 0.5) is 0 Å². The van der Waals surface area contributed by atoms with Crippen LogP contribution in [-0.2, 0) is 11.2 Å². The monoisotopic (exact) mass is 477 g/mol. The van der Waals surface area contributed by atoms with Gasteiger partial charge in [-0.2, -0.15) is 0 Å². The Morgan fingerprint density at radius 3 is 2.25 bits per heavy atom. The second-order valence-corrected chi connectivity index (χ2v) is 8.47. The minimum Gasteiger partial charge on any atom is -0.310 e. The molecule has 3 N–H and O–H groups in total. The molecule has 2 heterocycles. The Hall–Kier alpha value is -4.85. The molecule has 0 saturated carbocycles. The third kappa shape index (κ3) is 4.83. The predicted octanol–water partition coefficient (Wildman–Crippen LogP) is 3.84. The minimum atomic E-state index is -0.451. The SMILES string of the molecule is Cc1ccc(-c2cc(C(=O)NNC(=O)CCc3nc4ccccc4c(=O)[nH]3)c3ccccc3n2)cc1. The molecule has 0 atom stereocenters. The van der Waals surface area contributed by atoms with Gasteiger partial charge in [0.25, 0.3) is 11.5 Å². The number of amides is 2. The molecule has 0 saturated heterocycles. The van der Waals surface area contributed by atoms with Gasteiger partial charge in [-0.25, -0.2) is 9.97 Å². The molecular weight excluding hydrogens is 454 g/mol. The van der Waals surface area contributed by atoms with E-state index in [4.69, 9.17) is 4.98 Å². The van der Waals surface area contributed by atoms with Gasteiger partial charge >= 0.3 is 0 Å². The van der Waals surface area contributed by atoms with Crippen LogP contribution >= 0.6 is 0 Å². The van der Waals surface area contributed by atoms with Gasteiger partial charge in [-0.3, -0.25) is 25.2 Å². The maximum absolute atomic E-state index is 13.1. The van der Waals surface area contributed by atoms with Crippen molar-refractivity contribution in [1.82, 2.24) is 25.8 Å². The third-order valence-corrected chi connectivity index (χ3v) is 5.87. The lowest BCUT2D eigenvalue weighted by molar-refractivity contribution is -0.121. The molecule has 0 aliphatic carbocycles. The van der Waals surface area contributed by atoms with Crippen molar-refractivity contribution in [3.05, 3.63) is 106 Å². The molecular formula is C28H23N5O3. The summed E-state index contributed by atoms with van der Waals surface area (Å²) in [6, 6.07) is 24.0. The maximum Gasteiger partial charge on any atom is 0.270 e. The first-order valence-corrected chi connectivity index (χ1v) is 11.5. The Morgan fingerprint density at radius 2 is 1.50 bits per heavy atom. The molecule has 0 radical (unpaired) electrons. The minimum absolute atomic E-state index is 0.0350. The van der Waals surface area contributed by atoms with Crippen molar-refractivity contribution in [3.8, 4) is 11.3 Å². The number of rotatable bonds is 5. The highest BCUT2D eigenvalue weighted by Gasteiger charge is 2.15. The number of hydrazine groups is 1. The molecule has 3 aromatic carbocycles. The lowest BCUT2D eigenvalue weighted by Gasteiger charge is -2.11. The van der Waals surface area contributed by atoms with E-state index in [0.717, 1.165) is 11.1 Å². The topological polar surface area (TPSA) is 117 Å². The molecule has 2 aromatic heterocycles. The summed E-state index contributed by atoms with van der Waals surface area (Å²) in [6.45, 7) is 2.01. The van der Waals surface area contributed by atoms with Gasteiger partial charge in [-0.15, -0.1) is 0 Å². The van der Waals surface area contributed by atoms with Gasteiger partial charge in [-0.05, 0) is 31.2 Å². The number of aromatic amines is 1. The molecule has 8 nitrogen and oxygen atoms in total. The van der Waals surface area contributed by atoms with E-state index in [1.54, 1.807) is 30.3 Å². The van der Waals surface area contributed by atoms with Crippen LogP contribution in [0.5, 0.6) is 0 Å². The van der Waals surface area contributed by atoms with E-state index in [1.807, 2.05) is 55.5 Å². The molecule has 2 amide bonds. The molecule has 178 valence electrons. The number of hydrogen-bond acceptors (Lipinski definition) is 5. The Bertz CT molecular complexity index is 1660. The van der Waals surface area contributed by atoms with E-state index in [9.17, 15) is 14.4 Å². The summed E-state index contributed by atoms with van der Waals surface area (Å²) in [7, 11) is 0. The first kappa shape index (κ1) is 22.9. The molecule has 0 aliphatic rings. The first-order valence-electron chi connectivity index (χ1n) is 11.5. The van der Waals surface area contributed by atoms with Crippen molar-refractivity contribution in [3.63, 3.8) is 0 Å². The summed E-state index contributed by atoms with van der Waals surface area (Å²) >= 11 is 0. The van der Waals surface area contributed by atoms with E-state index in [-0.39, 0.29) is 18.4 Å². The Morgan fingerprint density at radius 1 is 0.833 bits per heavy atom. The zero-order chi connectivity index (χ0) is 25.1. The van der Waals surface area contributed by atoms with Crippen molar-refractivity contribution < 1.29 is 9.59 Å². The average molecular weight is 478 g/mol. The number of aromatic nitrogens is 3. The van der Waals surface area contributed by atoms with E-state index in [1.165, 1.54) is 0 Å². The van der Waals surface area contributed by atoms with Crippen LogP contribution in [0.25, 0.3) is 33.1 Å². The molecule has 0 fully saturated rings. The molecule has 5 rings (SSSR count). The predicted molar refractivity (Wildman–Crippen MR) is 138 cm³/mol. The van der Waals surface area contributed by atoms with Crippen LogP contribution in [-0.4, -0.2) is 26.8 Å². The lowest BCUT2D eigenvalue weighted by Crippen LogP contribution is -2.41. The Kier molecular flexibility index (Phi) is 6.23. The second-order valence-electron chi connectivity index (χ2n) is 8.47. The number of nitrogens with one attached hydrogen (secondary N) is 3. The van der Waals surface area contributed by atoms with Crippen LogP contribution in [0.15, 0.2) is 83.7 Å². The van der Waals surface area contributed by atoms with E-state index in [2.05, 4.69) is 20.8 Å². The summed E-state index contributed by atoms with van der Waals surface area (Å²) in [4.78, 5) is 49.5. The number of aryl methyl sites for hydroxylation is 2. The van der Waals surface area contributed by atoms with Gasteiger partial charge < -0.3 is 4.98 Å². The fourth-order valence-corrected chi connectivity index (χ4v) is 3.98. The number of para-hydroxylation sites is 2. The number of benzene rings is 3. The first-order chi connectivity index (χ1) is 17.5. The second kappa shape index (κ2) is 9.79. The number of pyridine rings is 1. The largest absolute Gasteiger partial charge is 0.310 e. The summed E-state index contributed by atoms with van der Waals surface area (Å²) in [6.07, 6.45) is 0.255. The molecule has 36 heavy (non-hydrogen) atoms. The van der Waals surface area contributed by atoms with Crippen molar-refractivity contribution in [2.45, 2.75) is 19.8 Å². The average Bonchev–Trinajstić information content (AvgIpc) is 2.90.